The standard InChI is InChI=1S/C22H25NO6/c1-22(2,3)29-20(26)18(13-15-9-11-17(12-10-15)19(24)25)23-21(27)28-14-16-7-5-4-6-8-16/h4-12,18H,13-14H2,1-3H3,(H,23,27)(H,24,25). The lowest BCUT2D eigenvalue weighted by Crippen LogP contribution is -2.45. The summed E-state index contributed by atoms with van der Waals surface area (Å²) in [5, 5.41) is 11.5. The summed E-state index contributed by atoms with van der Waals surface area (Å²) >= 11 is 0. The third kappa shape index (κ3) is 7.65. The number of ether oxygens (including phenoxy) is 2. The zero-order chi connectivity index (χ0) is 21.4. The van der Waals surface area contributed by atoms with Crippen LogP contribution in [-0.4, -0.2) is 34.8 Å². The largest absolute Gasteiger partial charge is 0.478 e. The molecule has 0 aliphatic rings. The van der Waals surface area contributed by atoms with E-state index in [1.807, 2.05) is 30.3 Å². The van der Waals surface area contributed by atoms with Crippen LogP contribution >= 0.6 is 0 Å². The minimum absolute atomic E-state index is 0.0705. The van der Waals surface area contributed by atoms with Crippen molar-refractivity contribution >= 4 is 18.0 Å². The van der Waals surface area contributed by atoms with E-state index in [-0.39, 0.29) is 18.6 Å². The average molecular weight is 399 g/mol. The highest BCUT2D eigenvalue weighted by molar-refractivity contribution is 5.87. The number of hydrogen-bond acceptors (Lipinski definition) is 5. The maximum atomic E-state index is 12.6. The van der Waals surface area contributed by atoms with Crippen LogP contribution in [0.3, 0.4) is 0 Å². The van der Waals surface area contributed by atoms with Crippen LogP contribution in [0.15, 0.2) is 54.6 Å². The Morgan fingerprint density at radius 3 is 2.14 bits per heavy atom. The second kappa shape index (κ2) is 9.73. The second-order valence-electron chi connectivity index (χ2n) is 7.50. The number of aromatic carboxylic acids is 1. The van der Waals surface area contributed by atoms with Crippen LogP contribution in [0, 0.1) is 0 Å². The van der Waals surface area contributed by atoms with Crippen molar-refractivity contribution in [2.75, 3.05) is 0 Å². The molecular weight excluding hydrogens is 374 g/mol. The fraction of sp³-hybridized carbons (Fsp3) is 0.318. The Kier molecular flexibility index (Phi) is 7.36. The maximum absolute atomic E-state index is 12.6. The zero-order valence-electron chi connectivity index (χ0n) is 16.7. The SMILES string of the molecule is CC(C)(C)OC(=O)C(Cc1ccc(C(=O)O)cc1)NC(=O)OCc1ccccc1. The normalized spacial score (nSPS) is 12.0. The fourth-order valence-corrected chi connectivity index (χ4v) is 2.49. The number of hydrogen-bond donors (Lipinski definition) is 2. The van der Waals surface area contributed by atoms with E-state index in [9.17, 15) is 14.4 Å². The maximum Gasteiger partial charge on any atom is 0.408 e. The molecule has 1 unspecified atom stereocenters. The molecule has 2 rings (SSSR count). The molecule has 0 spiro atoms. The summed E-state index contributed by atoms with van der Waals surface area (Å²) in [6, 6.07) is 14.3. The number of carboxylic acid groups (broad SMARTS) is 1. The number of carbonyl (C=O) groups is 3. The van der Waals surface area contributed by atoms with Crippen LogP contribution in [0.25, 0.3) is 0 Å². The number of esters is 1. The molecule has 7 nitrogen and oxygen atoms in total. The first-order valence-corrected chi connectivity index (χ1v) is 9.16. The molecule has 0 aliphatic carbocycles. The quantitative estimate of drug-likeness (QED) is 0.690. The van der Waals surface area contributed by atoms with Gasteiger partial charge < -0.3 is 19.9 Å². The fourth-order valence-electron chi connectivity index (χ4n) is 2.49. The molecule has 0 bridgehead atoms. The van der Waals surface area contributed by atoms with Crippen LogP contribution in [0.4, 0.5) is 4.79 Å². The van der Waals surface area contributed by atoms with Gasteiger partial charge in [-0.1, -0.05) is 42.5 Å². The monoisotopic (exact) mass is 399 g/mol. The van der Waals surface area contributed by atoms with Gasteiger partial charge in [-0.2, -0.15) is 0 Å². The zero-order valence-corrected chi connectivity index (χ0v) is 16.7. The van der Waals surface area contributed by atoms with Gasteiger partial charge in [-0.25, -0.2) is 14.4 Å². The van der Waals surface area contributed by atoms with Crippen molar-refractivity contribution in [1.29, 1.82) is 0 Å². The molecule has 0 fully saturated rings. The topological polar surface area (TPSA) is 102 Å². The van der Waals surface area contributed by atoms with Crippen molar-refractivity contribution in [2.24, 2.45) is 0 Å². The minimum Gasteiger partial charge on any atom is -0.478 e. The van der Waals surface area contributed by atoms with Crippen molar-refractivity contribution in [3.8, 4) is 0 Å². The van der Waals surface area contributed by atoms with Gasteiger partial charge in [-0.15, -0.1) is 0 Å². The molecule has 29 heavy (non-hydrogen) atoms. The predicted octanol–water partition coefficient (Wildman–Crippen LogP) is 3.56. The van der Waals surface area contributed by atoms with Crippen molar-refractivity contribution in [3.05, 3.63) is 71.3 Å². The highest BCUT2D eigenvalue weighted by Crippen LogP contribution is 2.13. The van der Waals surface area contributed by atoms with E-state index in [0.717, 1.165) is 5.56 Å². The van der Waals surface area contributed by atoms with Gasteiger partial charge in [0.1, 0.15) is 18.2 Å². The lowest BCUT2D eigenvalue weighted by molar-refractivity contribution is -0.157. The van der Waals surface area contributed by atoms with E-state index in [4.69, 9.17) is 14.6 Å². The molecule has 0 saturated heterocycles. The molecule has 2 aromatic carbocycles. The molecule has 0 aromatic heterocycles. The number of carboxylic acids is 1. The molecule has 0 aliphatic heterocycles. The minimum atomic E-state index is -1.04. The first-order chi connectivity index (χ1) is 13.6. The molecule has 2 N–H and O–H groups in total. The van der Waals surface area contributed by atoms with Gasteiger partial charge in [0.2, 0.25) is 0 Å². The highest BCUT2D eigenvalue weighted by atomic mass is 16.6. The molecule has 0 saturated carbocycles. The molecule has 7 heteroatoms. The second-order valence-corrected chi connectivity index (χ2v) is 7.50. The van der Waals surface area contributed by atoms with Crippen LogP contribution < -0.4 is 5.32 Å². The Bertz CT molecular complexity index is 840. The van der Waals surface area contributed by atoms with E-state index in [2.05, 4.69) is 5.32 Å². The number of amides is 1. The lowest BCUT2D eigenvalue weighted by Gasteiger charge is -2.24. The number of carbonyl (C=O) groups excluding carboxylic acids is 2. The Morgan fingerprint density at radius 2 is 1.59 bits per heavy atom. The Labute approximate surface area is 169 Å². The van der Waals surface area contributed by atoms with Crippen LogP contribution in [0.2, 0.25) is 0 Å². The van der Waals surface area contributed by atoms with E-state index < -0.39 is 29.7 Å². The number of rotatable bonds is 7. The van der Waals surface area contributed by atoms with Crippen LogP contribution in [0.1, 0.15) is 42.3 Å². The van der Waals surface area contributed by atoms with Crippen LogP contribution in [0.5, 0.6) is 0 Å². The molecule has 0 radical (unpaired) electrons. The van der Waals surface area contributed by atoms with Crippen molar-refractivity contribution in [2.45, 2.75) is 45.4 Å². The van der Waals surface area contributed by atoms with Gasteiger partial charge in [0, 0.05) is 6.42 Å². The van der Waals surface area contributed by atoms with Crippen LogP contribution in [-0.2, 0) is 27.3 Å². The molecule has 0 heterocycles. The lowest BCUT2D eigenvalue weighted by atomic mass is 10.0. The van der Waals surface area contributed by atoms with Gasteiger partial charge in [-0.05, 0) is 44.0 Å². The van der Waals surface area contributed by atoms with Gasteiger partial charge in [0.05, 0.1) is 5.56 Å². The third-order valence-electron chi connectivity index (χ3n) is 3.84. The molecular formula is C22H25NO6. The number of alkyl carbamates (subject to hydrolysis) is 1. The number of benzene rings is 2. The van der Waals surface area contributed by atoms with E-state index in [0.29, 0.717) is 5.56 Å². The summed E-state index contributed by atoms with van der Waals surface area (Å²) in [5.74, 6) is -1.64. The Hall–Kier alpha value is -3.35. The first-order valence-electron chi connectivity index (χ1n) is 9.16. The molecule has 154 valence electrons. The van der Waals surface area contributed by atoms with Crippen molar-refractivity contribution in [1.82, 2.24) is 5.32 Å². The smallest absolute Gasteiger partial charge is 0.408 e. The molecule has 1 atom stereocenters. The molecule has 1 amide bonds. The summed E-state index contributed by atoms with van der Waals surface area (Å²) in [6.07, 6.45) is -0.609. The predicted molar refractivity (Wildman–Crippen MR) is 107 cm³/mol. The van der Waals surface area contributed by atoms with E-state index in [1.165, 1.54) is 12.1 Å². The third-order valence-corrected chi connectivity index (χ3v) is 3.84. The summed E-state index contributed by atoms with van der Waals surface area (Å²) in [5.41, 5.74) is 0.908. The summed E-state index contributed by atoms with van der Waals surface area (Å²) in [6.45, 7) is 5.27. The summed E-state index contributed by atoms with van der Waals surface area (Å²) in [4.78, 5) is 35.8. The average Bonchev–Trinajstić information content (AvgIpc) is 2.66. The highest BCUT2D eigenvalue weighted by Gasteiger charge is 2.27. The number of nitrogens with one attached hydrogen (secondary N) is 1. The molecule has 2 aromatic rings. The Balaban J connectivity index is 2.06. The van der Waals surface area contributed by atoms with Gasteiger partial charge in [0.25, 0.3) is 0 Å². The van der Waals surface area contributed by atoms with Gasteiger partial charge in [-0.3, -0.25) is 0 Å². The first kappa shape index (κ1) is 21.9. The van der Waals surface area contributed by atoms with E-state index in [1.54, 1.807) is 32.9 Å². The van der Waals surface area contributed by atoms with E-state index >= 15 is 0 Å². The summed E-state index contributed by atoms with van der Waals surface area (Å²) < 4.78 is 10.6. The van der Waals surface area contributed by atoms with Gasteiger partial charge >= 0.3 is 18.0 Å². The van der Waals surface area contributed by atoms with Crippen molar-refractivity contribution in [3.63, 3.8) is 0 Å². The summed E-state index contributed by atoms with van der Waals surface area (Å²) in [7, 11) is 0. The van der Waals surface area contributed by atoms with Crippen molar-refractivity contribution < 1.29 is 29.0 Å². The van der Waals surface area contributed by atoms with Gasteiger partial charge in [0.15, 0.2) is 0 Å². The Morgan fingerprint density at radius 1 is 0.966 bits per heavy atom.